The number of methoxy groups -OCH3 is 1. The van der Waals surface area contributed by atoms with Crippen LogP contribution >= 0.6 is 0 Å². The minimum atomic E-state index is -0.242. The van der Waals surface area contributed by atoms with Gasteiger partial charge >= 0.3 is 5.97 Å². The molecular formula is C27H44O4. The van der Waals surface area contributed by atoms with Crippen molar-refractivity contribution in [3.63, 3.8) is 0 Å². The van der Waals surface area contributed by atoms with Crippen molar-refractivity contribution in [1.29, 1.82) is 0 Å². The maximum Gasteiger partial charge on any atom is 0.305 e. The molecule has 4 aliphatic carbocycles. The predicted molar refractivity (Wildman–Crippen MR) is 120 cm³/mol. The van der Waals surface area contributed by atoms with Crippen molar-refractivity contribution in [2.75, 3.05) is 20.3 Å². The molecule has 176 valence electrons. The van der Waals surface area contributed by atoms with E-state index in [1.165, 1.54) is 52.1 Å². The van der Waals surface area contributed by atoms with Crippen molar-refractivity contribution in [3.8, 4) is 0 Å². The van der Waals surface area contributed by atoms with E-state index in [0.717, 1.165) is 62.1 Å². The maximum absolute atomic E-state index is 11.7. The lowest BCUT2D eigenvalue weighted by Crippen LogP contribution is -2.56. The van der Waals surface area contributed by atoms with Gasteiger partial charge in [0.2, 0.25) is 0 Å². The lowest BCUT2D eigenvalue weighted by Gasteiger charge is -2.62. The molecule has 1 aliphatic heterocycles. The third-order valence-corrected chi connectivity index (χ3v) is 11.3. The second kappa shape index (κ2) is 8.01. The largest absolute Gasteiger partial charge is 0.469 e. The summed E-state index contributed by atoms with van der Waals surface area (Å²) in [6.07, 6.45) is 13.4. The third kappa shape index (κ3) is 3.50. The molecule has 0 bridgehead atoms. The number of carbonyl (C=O) groups excluding carboxylic acids is 1. The molecule has 0 aromatic heterocycles. The number of esters is 1. The van der Waals surface area contributed by atoms with Gasteiger partial charge in [0.1, 0.15) is 0 Å². The van der Waals surface area contributed by atoms with E-state index in [1.807, 2.05) is 0 Å². The molecule has 0 radical (unpaired) electrons. The zero-order chi connectivity index (χ0) is 21.9. The van der Waals surface area contributed by atoms with Crippen LogP contribution in [0.1, 0.15) is 91.4 Å². The smallest absolute Gasteiger partial charge is 0.305 e. The number of hydrogen-bond acceptors (Lipinski definition) is 4. The summed E-state index contributed by atoms with van der Waals surface area (Å²) in [5.74, 6) is 4.52. The van der Waals surface area contributed by atoms with Crippen molar-refractivity contribution in [2.45, 2.75) is 97.2 Å². The Morgan fingerprint density at radius 1 is 0.968 bits per heavy atom. The molecule has 4 heteroatoms. The van der Waals surface area contributed by atoms with Gasteiger partial charge in [0.15, 0.2) is 5.79 Å². The van der Waals surface area contributed by atoms with Gasteiger partial charge in [-0.05, 0) is 97.7 Å². The van der Waals surface area contributed by atoms with Crippen LogP contribution in [0, 0.1) is 46.3 Å². The highest BCUT2D eigenvalue weighted by Gasteiger charge is 2.62. The van der Waals surface area contributed by atoms with Crippen LogP contribution in [0.25, 0.3) is 0 Å². The highest BCUT2D eigenvalue weighted by atomic mass is 16.7. The Morgan fingerprint density at radius 2 is 1.71 bits per heavy atom. The van der Waals surface area contributed by atoms with E-state index in [2.05, 4.69) is 20.8 Å². The Hall–Kier alpha value is -0.610. The molecule has 1 saturated heterocycles. The molecule has 0 amide bonds. The van der Waals surface area contributed by atoms with Crippen LogP contribution in [0.4, 0.5) is 0 Å². The maximum atomic E-state index is 11.7. The van der Waals surface area contributed by atoms with Gasteiger partial charge in [-0.3, -0.25) is 4.79 Å². The van der Waals surface area contributed by atoms with Gasteiger partial charge in [0, 0.05) is 19.3 Å². The molecule has 0 aromatic carbocycles. The standard InChI is InChI=1S/C27H44O4/c1-18(5-10-24(28)29-4)21-8-9-22-20-7-6-19-17-27(30-15-16-31-27)14-13-25(19,2)23(20)11-12-26(21,22)3/h18-23H,5-17H2,1-4H3. The molecule has 8 atom stereocenters. The molecule has 5 aliphatic rings. The number of hydrogen-bond donors (Lipinski definition) is 0. The summed E-state index contributed by atoms with van der Waals surface area (Å²) in [6, 6.07) is 0. The van der Waals surface area contributed by atoms with E-state index in [1.54, 1.807) is 0 Å². The van der Waals surface area contributed by atoms with Crippen LogP contribution in [0.3, 0.4) is 0 Å². The van der Waals surface area contributed by atoms with E-state index in [-0.39, 0.29) is 11.8 Å². The molecule has 1 heterocycles. The number of ether oxygens (including phenoxy) is 3. The van der Waals surface area contributed by atoms with E-state index >= 15 is 0 Å². The SMILES string of the molecule is COC(=O)CCC(C)C1CCC2C3CCC4CC5(CCC4(C)C3CCC12C)OCCO5. The summed E-state index contributed by atoms with van der Waals surface area (Å²) in [7, 11) is 1.51. The fourth-order valence-electron chi connectivity index (χ4n) is 9.58. The van der Waals surface area contributed by atoms with Crippen LogP contribution in [0.15, 0.2) is 0 Å². The zero-order valence-corrected chi connectivity index (χ0v) is 20.3. The Kier molecular flexibility index (Phi) is 5.73. The molecule has 1 spiro atoms. The van der Waals surface area contributed by atoms with E-state index in [9.17, 15) is 4.79 Å². The predicted octanol–water partition coefficient (Wildman–Crippen LogP) is 5.98. The summed E-state index contributed by atoms with van der Waals surface area (Å²) >= 11 is 0. The zero-order valence-electron chi connectivity index (χ0n) is 20.3. The first-order chi connectivity index (χ1) is 14.8. The molecule has 4 saturated carbocycles. The Labute approximate surface area is 189 Å². The second-order valence-corrected chi connectivity index (χ2v) is 12.3. The van der Waals surface area contributed by atoms with Crippen LogP contribution in [-0.4, -0.2) is 32.1 Å². The fraction of sp³-hybridized carbons (Fsp3) is 0.963. The lowest BCUT2D eigenvalue weighted by molar-refractivity contribution is -0.229. The molecule has 31 heavy (non-hydrogen) atoms. The molecule has 8 unspecified atom stereocenters. The molecular weight excluding hydrogens is 388 g/mol. The minimum absolute atomic E-state index is 0.0493. The normalized spacial score (nSPS) is 46.8. The van der Waals surface area contributed by atoms with Crippen molar-refractivity contribution in [2.24, 2.45) is 46.3 Å². The van der Waals surface area contributed by atoms with Gasteiger partial charge in [0.05, 0.1) is 20.3 Å². The fourth-order valence-corrected chi connectivity index (χ4v) is 9.58. The number of carbonyl (C=O) groups is 1. The number of rotatable bonds is 4. The van der Waals surface area contributed by atoms with Crippen molar-refractivity contribution < 1.29 is 19.0 Å². The van der Waals surface area contributed by atoms with E-state index in [0.29, 0.717) is 23.2 Å². The van der Waals surface area contributed by atoms with Gasteiger partial charge in [0.25, 0.3) is 0 Å². The highest BCUT2D eigenvalue weighted by molar-refractivity contribution is 5.69. The average molecular weight is 433 g/mol. The molecule has 5 rings (SSSR count). The lowest BCUT2D eigenvalue weighted by atomic mass is 9.44. The first-order valence-corrected chi connectivity index (χ1v) is 13.2. The van der Waals surface area contributed by atoms with E-state index < -0.39 is 0 Å². The monoisotopic (exact) mass is 432 g/mol. The van der Waals surface area contributed by atoms with Crippen molar-refractivity contribution in [1.82, 2.24) is 0 Å². The minimum Gasteiger partial charge on any atom is -0.469 e. The van der Waals surface area contributed by atoms with Gasteiger partial charge in [-0.1, -0.05) is 20.8 Å². The van der Waals surface area contributed by atoms with Gasteiger partial charge < -0.3 is 14.2 Å². The van der Waals surface area contributed by atoms with Crippen LogP contribution in [0.5, 0.6) is 0 Å². The van der Waals surface area contributed by atoms with Gasteiger partial charge in [-0.2, -0.15) is 0 Å². The highest BCUT2D eigenvalue weighted by Crippen LogP contribution is 2.69. The molecule has 0 aromatic rings. The quantitative estimate of drug-likeness (QED) is 0.513. The summed E-state index contributed by atoms with van der Waals surface area (Å²) in [5.41, 5.74) is 0.937. The van der Waals surface area contributed by atoms with E-state index in [4.69, 9.17) is 14.2 Å². The number of fused-ring (bicyclic) bond motifs is 5. The average Bonchev–Trinajstić information content (AvgIpc) is 3.36. The molecule has 0 N–H and O–H groups in total. The summed E-state index contributed by atoms with van der Waals surface area (Å²) in [6.45, 7) is 9.21. The van der Waals surface area contributed by atoms with Crippen molar-refractivity contribution in [3.05, 3.63) is 0 Å². The van der Waals surface area contributed by atoms with Crippen LogP contribution < -0.4 is 0 Å². The van der Waals surface area contributed by atoms with Gasteiger partial charge in [-0.25, -0.2) is 0 Å². The Balaban J connectivity index is 1.30. The van der Waals surface area contributed by atoms with Crippen LogP contribution in [-0.2, 0) is 19.0 Å². The summed E-state index contributed by atoms with van der Waals surface area (Å²) in [4.78, 5) is 11.7. The van der Waals surface area contributed by atoms with Gasteiger partial charge in [-0.15, -0.1) is 0 Å². The Morgan fingerprint density at radius 3 is 2.45 bits per heavy atom. The first-order valence-electron chi connectivity index (χ1n) is 13.2. The molecule has 5 fully saturated rings. The topological polar surface area (TPSA) is 44.8 Å². The molecule has 4 nitrogen and oxygen atoms in total. The first kappa shape index (κ1) is 22.2. The Bertz CT molecular complexity index is 685. The van der Waals surface area contributed by atoms with Crippen LogP contribution in [0.2, 0.25) is 0 Å². The summed E-state index contributed by atoms with van der Waals surface area (Å²) < 4.78 is 17.2. The summed E-state index contributed by atoms with van der Waals surface area (Å²) in [5, 5.41) is 0. The van der Waals surface area contributed by atoms with Crippen molar-refractivity contribution >= 4 is 5.97 Å². The third-order valence-electron chi connectivity index (χ3n) is 11.3. The second-order valence-electron chi connectivity index (χ2n) is 12.3.